The van der Waals surface area contributed by atoms with E-state index in [2.05, 4.69) is 15.0 Å². The summed E-state index contributed by atoms with van der Waals surface area (Å²) in [7, 11) is -3.12. The van der Waals surface area contributed by atoms with E-state index in [9.17, 15) is 8.42 Å². The number of nitrogens with zero attached hydrogens (tertiary/aromatic N) is 1. The smallest absolute Gasteiger partial charge is 0.208 e. The highest BCUT2D eigenvalue weighted by Crippen LogP contribution is 2.20. The topological polar surface area (TPSA) is 97.1 Å². The van der Waals surface area contributed by atoms with E-state index in [-0.39, 0.29) is 0 Å². The van der Waals surface area contributed by atoms with Crippen LogP contribution in [0, 0.1) is 0 Å². The lowest BCUT2D eigenvalue weighted by Gasteiger charge is -2.07. The maximum atomic E-state index is 10.8. The van der Waals surface area contributed by atoms with Crippen LogP contribution in [0.5, 0.6) is 0 Å². The van der Waals surface area contributed by atoms with Crippen LogP contribution in [0.3, 0.4) is 0 Å². The molecule has 0 aliphatic carbocycles. The molecule has 0 aliphatic heterocycles. The van der Waals surface area contributed by atoms with Crippen LogP contribution >= 0.6 is 11.6 Å². The quantitative estimate of drug-likeness (QED) is 0.665. The highest BCUT2D eigenvalue weighted by Gasteiger charge is 2.02. The molecule has 8 heteroatoms. The van der Waals surface area contributed by atoms with Gasteiger partial charge in [-0.1, -0.05) is 11.6 Å². The number of halogens is 1. The summed E-state index contributed by atoms with van der Waals surface area (Å²) in [5.74, 6) is 0.542. The van der Waals surface area contributed by atoms with E-state index in [1.54, 1.807) is 6.07 Å². The molecule has 0 spiro atoms. The van der Waals surface area contributed by atoms with E-state index < -0.39 is 10.0 Å². The van der Waals surface area contributed by atoms with Crippen LogP contribution in [0.15, 0.2) is 12.3 Å². The Morgan fingerprint density at radius 3 is 2.76 bits per heavy atom. The van der Waals surface area contributed by atoms with E-state index in [4.69, 9.17) is 17.3 Å². The Hall–Kier alpha value is -1.05. The van der Waals surface area contributed by atoms with Crippen molar-refractivity contribution in [3.63, 3.8) is 0 Å². The monoisotopic (exact) mass is 278 g/mol. The molecule has 1 aromatic heterocycles. The number of hydrogen-bond acceptors (Lipinski definition) is 5. The molecule has 0 unspecified atom stereocenters. The van der Waals surface area contributed by atoms with Gasteiger partial charge in [-0.05, 0) is 12.5 Å². The van der Waals surface area contributed by atoms with Crippen LogP contribution in [0.2, 0.25) is 5.02 Å². The number of hydrogen-bond donors (Lipinski definition) is 3. The molecule has 0 fully saturated rings. The Kier molecular flexibility index (Phi) is 4.98. The van der Waals surface area contributed by atoms with Crippen molar-refractivity contribution >= 4 is 33.1 Å². The van der Waals surface area contributed by atoms with Gasteiger partial charge in [-0.25, -0.2) is 18.1 Å². The first kappa shape index (κ1) is 14.0. The van der Waals surface area contributed by atoms with Gasteiger partial charge in [0, 0.05) is 13.1 Å². The van der Waals surface area contributed by atoms with Crippen molar-refractivity contribution in [2.45, 2.75) is 6.42 Å². The van der Waals surface area contributed by atoms with E-state index in [1.165, 1.54) is 6.20 Å². The minimum Gasteiger partial charge on any atom is -0.397 e. The second-order valence-electron chi connectivity index (χ2n) is 3.55. The molecule has 0 aromatic carbocycles. The third-order valence-electron chi connectivity index (χ3n) is 1.87. The van der Waals surface area contributed by atoms with Crippen molar-refractivity contribution in [1.82, 2.24) is 9.71 Å². The lowest BCUT2D eigenvalue weighted by atomic mass is 10.4. The molecular weight excluding hydrogens is 264 g/mol. The maximum Gasteiger partial charge on any atom is 0.208 e. The molecule has 0 atom stereocenters. The Labute approximate surface area is 106 Å². The van der Waals surface area contributed by atoms with Crippen LogP contribution in [0.25, 0.3) is 0 Å². The number of anilines is 2. The number of aromatic nitrogens is 1. The lowest BCUT2D eigenvalue weighted by Crippen LogP contribution is -2.24. The number of nitrogens with one attached hydrogen (secondary N) is 2. The molecule has 96 valence electrons. The molecular formula is C9H15ClN4O2S. The zero-order valence-electron chi connectivity index (χ0n) is 9.40. The molecule has 17 heavy (non-hydrogen) atoms. The largest absolute Gasteiger partial charge is 0.397 e. The van der Waals surface area contributed by atoms with Gasteiger partial charge in [0.05, 0.1) is 23.2 Å². The van der Waals surface area contributed by atoms with E-state index in [1.807, 2.05) is 0 Å². The van der Waals surface area contributed by atoms with Crippen LogP contribution in [-0.2, 0) is 10.0 Å². The van der Waals surface area contributed by atoms with Crippen molar-refractivity contribution in [2.75, 3.05) is 30.4 Å². The average Bonchev–Trinajstić information content (AvgIpc) is 2.18. The van der Waals surface area contributed by atoms with Crippen molar-refractivity contribution in [3.05, 3.63) is 17.3 Å². The Morgan fingerprint density at radius 2 is 2.18 bits per heavy atom. The minimum absolute atomic E-state index is 0.373. The van der Waals surface area contributed by atoms with E-state index in [0.29, 0.717) is 36.0 Å². The molecule has 1 aromatic rings. The molecule has 1 heterocycles. The van der Waals surface area contributed by atoms with Crippen molar-refractivity contribution in [1.29, 1.82) is 0 Å². The molecule has 4 N–H and O–H groups in total. The van der Waals surface area contributed by atoms with Crippen LogP contribution in [0.4, 0.5) is 11.5 Å². The van der Waals surface area contributed by atoms with Gasteiger partial charge in [-0.2, -0.15) is 0 Å². The molecule has 0 bridgehead atoms. The molecule has 0 aliphatic rings. The highest BCUT2D eigenvalue weighted by atomic mass is 35.5. The Balaban J connectivity index is 2.32. The second kappa shape index (κ2) is 6.04. The molecule has 0 saturated heterocycles. The SMILES string of the molecule is CS(=O)(=O)NCCCNc1ncc(N)cc1Cl. The summed E-state index contributed by atoms with van der Waals surface area (Å²) in [5, 5.41) is 3.44. The Morgan fingerprint density at radius 1 is 1.47 bits per heavy atom. The van der Waals surface area contributed by atoms with Crippen molar-refractivity contribution in [3.8, 4) is 0 Å². The van der Waals surface area contributed by atoms with Crippen LogP contribution in [-0.4, -0.2) is 32.7 Å². The average molecular weight is 279 g/mol. The summed E-state index contributed by atoms with van der Waals surface area (Å²) in [6.45, 7) is 0.942. The van der Waals surface area contributed by atoms with Crippen molar-refractivity contribution < 1.29 is 8.42 Å². The maximum absolute atomic E-state index is 10.8. The first-order valence-electron chi connectivity index (χ1n) is 4.98. The normalized spacial score (nSPS) is 11.4. The summed E-state index contributed by atoms with van der Waals surface area (Å²) in [6, 6.07) is 1.60. The van der Waals surface area contributed by atoms with Gasteiger partial charge in [0.15, 0.2) is 0 Å². The summed E-state index contributed by atoms with van der Waals surface area (Å²) in [5.41, 5.74) is 6.00. The summed E-state index contributed by atoms with van der Waals surface area (Å²) < 4.78 is 23.9. The zero-order valence-corrected chi connectivity index (χ0v) is 11.0. The Bertz CT molecular complexity index is 478. The summed E-state index contributed by atoms with van der Waals surface area (Å²) >= 11 is 5.90. The van der Waals surface area contributed by atoms with Gasteiger partial charge in [-0.3, -0.25) is 0 Å². The molecule has 0 radical (unpaired) electrons. The summed E-state index contributed by atoms with van der Waals surface area (Å²) in [4.78, 5) is 4.02. The zero-order chi connectivity index (χ0) is 12.9. The third-order valence-corrected chi connectivity index (χ3v) is 2.89. The minimum atomic E-state index is -3.12. The first-order valence-corrected chi connectivity index (χ1v) is 7.25. The number of nitrogens with two attached hydrogens (primary N) is 1. The van der Waals surface area contributed by atoms with Gasteiger partial charge in [0.2, 0.25) is 10.0 Å². The number of nitrogen functional groups attached to an aromatic ring is 1. The number of sulfonamides is 1. The first-order chi connectivity index (χ1) is 7.88. The third kappa shape index (κ3) is 5.71. The second-order valence-corrected chi connectivity index (χ2v) is 5.79. The number of pyridine rings is 1. The standard InChI is InChI=1S/C9H15ClN4O2S/c1-17(15,16)14-4-2-3-12-9-8(10)5-7(11)6-13-9/h5-6,14H,2-4,11H2,1H3,(H,12,13). The van der Waals surface area contributed by atoms with Gasteiger partial charge in [-0.15, -0.1) is 0 Å². The molecule has 1 rings (SSSR count). The van der Waals surface area contributed by atoms with E-state index in [0.717, 1.165) is 6.26 Å². The predicted molar refractivity (Wildman–Crippen MR) is 69.6 cm³/mol. The summed E-state index contributed by atoms with van der Waals surface area (Å²) in [6.07, 6.45) is 3.26. The fourth-order valence-corrected chi connectivity index (χ4v) is 1.89. The van der Waals surface area contributed by atoms with Gasteiger partial charge >= 0.3 is 0 Å². The highest BCUT2D eigenvalue weighted by molar-refractivity contribution is 7.88. The van der Waals surface area contributed by atoms with E-state index >= 15 is 0 Å². The van der Waals surface area contributed by atoms with Crippen molar-refractivity contribution in [2.24, 2.45) is 0 Å². The molecule has 6 nitrogen and oxygen atoms in total. The fourth-order valence-electron chi connectivity index (χ4n) is 1.14. The van der Waals surface area contributed by atoms with Gasteiger partial charge < -0.3 is 11.1 Å². The predicted octanol–water partition coefficient (Wildman–Crippen LogP) is 0.668. The fraction of sp³-hybridized carbons (Fsp3) is 0.444. The lowest BCUT2D eigenvalue weighted by molar-refractivity contribution is 0.586. The van der Waals surface area contributed by atoms with Gasteiger partial charge in [0.1, 0.15) is 5.82 Å². The molecule has 0 amide bonds. The van der Waals surface area contributed by atoms with Gasteiger partial charge in [0.25, 0.3) is 0 Å². The molecule has 0 saturated carbocycles. The van der Waals surface area contributed by atoms with Crippen LogP contribution < -0.4 is 15.8 Å². The van der Waals surface area contributed by atoms with Crippen LogP contribution in [0.1, 0.15) is 6.42 Å². The number of rotatable bonds is 6.